The van der Waals surface area contributed by atoms with E-state index in [4.69, 9.17) is 9.84 Å². The van der Waals surface area contributed by atoms with Crippen molar-refractivity contribution >= 4 is 33.6 Å². The molecule has 3 rings (SSSR count). The van der Waals surface area contributed by atoms with Crippen molar-refractivity contribution in [3.05, 3.63) is 66.2 Å². The number of fused-ring (bicyclic) bond motifs is 2. The molecular formula is C27H32O3. The zero-order chi connectivity index (χ0) is 21.0. The Labute approximate surface area is 179 Å². The minimum Gasteiger partial charge on any atom is -0.463 e. The Kier molecular flexibility index (Phi) is 8.92. The molecule has 0 aliphatic carbocycles. The number of aliphatic hydroxyl groups is 1. The molecule has 0 heterocycles. The van der Waals surface area contributed by atoms with Crippen LogP contribution >= 0.6 is 0 Å². The molecule has 3 aromatic carbocycles. The van der Waals surface area contributed by atoms with Gasteiger partial charge in [0.1, 0.15) is 0 Å². The van der Waals surface area contributed by atoms with Crippen LogP contribution < -0.4 is 0 Å². The van der Waals surface area contributed by atoms with Crippen LogP contribution in [0.4, 0.5) is 0 Å². The standard InChI is InChI=1S/C27H32O3/c28-19-11-5-3-1-2-4-6-12-20-30-27(29)18-17-26-24-15-9-7-13-22(24)21-23-14-8-10-16-25(23)26/h7-10,13-18,21,28H,1-6,11-12,19-20H2/b18-17-. The van der Waals surface area contributed by atoms with Crippen molar-refractivity contribution in [3.63, 3.8) is 0 Å². The van der Waals surface area contributed by atoms with E-state index < -0.39 is 0 Å². The monoisotopic (exact) mass is 404 g/mol. The lowest BCUT2D eigenvalue weighted by Crippen LogP contribution is -2.02. The third-order valence-electron chi connectivity index (χ3n) is 5.50. The van der Waals surface area contributed by atoms with Crippen molar-refractivity contribution in [2.75, 3.05) is 13.2 Å². The fraction of sp³-hybridized carbons (Fsp3) is 0.370. The van der Waals surface area contributed by atoms with Crippen LogP contribution in [0.2, 0.25) is 0 Å². The van der Waals surface area contributed by atoms with Crippen LogP contribution in [0, 0.1) is 0 Å². The predicted molar refractivity (Wildman–Crippen MR) is 125 cm³/mol. The highest BCUT2D eigenvalue weighted by Crippen LogP contribution is 2.29. The molecule has 3 heteroatoms. The van der Waals surface area contributed by atoms with Crippen molar-refractivity contribution in [2.45, 2.75) is 51.4 Å². The van der Waals surface area contributed by atoms with Gasteiger partial charge in [-0.25, -0.2) is 4.79 Å². The van der Waals surface area contributed by atoms with Crippen LogP contribution in [-0.2, 0) is 9.53 Å². The first-order chi connectivity index (χ1) is 14.8. The maximum atomic E-state index is 12.2. The summed E-state index contributed by atoms with van der Waals surface area (Å²) in [5.74, 6) is -0.281. The summed E-state index contributed by atoms with van der Waals surface area (Å²) in [4.78, 5) is 12.2. The van der Waals surface area contributed by atoms with E-state index in [0.29, 0.717) is 13.2 Å². The minimum atomic E-state index is -0.281. The predicted octanol–water partition coefficient (Wildman–Crippen LogP) is 6.66. The Morgan fingerprint density at radius 3 is 1.90 bits per heavy atom. The van der Waals surface area contributed by atoms with Gasteiger partial charge in [-0.2, -0.15) is 0 Å². The van der Waals surface area contributed by atoms with E-state index in [1.807, 2.05) is 30.3 Å². The number of aliphatic hydroxyl groups excluding tert-OH is 1. The smallest absolute Gasteiger partial charge is 0.330 e. The fourth-order valence-corrected chi connectivity index (χ4v) is 3.88. The second kappa shape index (κ2) is 12.1. The number of hydrogen-bond donors (Lipinski definition) is 1. The molecule has 0 spiro atoms. The Balaban J connectivity index is 1.49. The molecule has 30 heavy (non-hydrogen) atoms. The quantitative estimate of drug-likeness (QED) is 0.159. The molecule has 0 radical (unpaired) electrons. The van der Waals surface area contributed by atoms with Gasteiger partial charge < -0.3 is 9.84 Å². The Morgan fingerprint density at radius 2 is 1.30 bits per heavy atom. The van der Waals surface area contributed by atoms with Crippen molar-refractivity contribution < 1.29 is 14.6 Å². The van der Waals surface area contributed by atoms with Gasteiger partial charge in [-0.15, -0.1) is 0 Å². The average Bonchev–Trinajstić information content (AvgIpc) is 2.78. The van der Waals surface area contributed by atoms with E-state index in [2.05, 4.69) is 30.3 Å². The van der Waals surface area contributed by atoms with Gasteiger partial charge in [0.25, 0.3) is 0 Å². The van der Waals surface area contributed by atoms with Gasteiger partial charge in [0, 0.05) is 12.7 Å². The molecule has 0 aromatic heterocycles. The maximum Gasteiger partial charge on any atom is 0.330 e. The van der Waals surface area contributed by atoms with E-state index in [1.165, 1.54) is 36.5 Å². The number of hydrogen-bond acceptors (Lipinski definition) is 3. The van der Waals surface area contributed by atoms with Gasteiger partial charge in [0.15, 0.2) is 0 Å². The molecule has 0 aliphatic heterocycles. The van der Waals surface area contributed by atoms with Crippen molar-refractivity contribution in [1.29, 1.82) is 0 Å². The molecule has 0 saturated heterocycles. The molecular weight excluding hydrogens is 372 g/mol. The van der Waals surface area contributed by atoms with Gasteiger partial charge in [-0.3, -0.25) is 0 Å². The van der Waals surface area contributed by atoms with Crippen LogP contribution in [0.5, 0.6) is 0 Å². The van der Waals surface area contributed by atoms with Gasteiger partial charge in [-0.1, -0.05) is 87.1 Å². The molecule has 3 aromatic rings. The number of esters is 1. The number of unbranched alkanes of at least 4 members (excludes halogenated alkanes) is 7. The number of rotatable bonds is 12. The van der Waals surface area contributed by atoms with E-state index in [9.17, 15) is 4.79 Å². The van der Waals surface area contributed by atoms with Crippen molar-refractivity contribution in [2.24, 2.45) is 0 Å². The second-order valence-corrected chi connectivity index (χ2v) is 7.79. The van der Waals surface area contributed by atoms with Crippen LogP contribution in [0.1, 0.15) is 56.9 Å². The highest BCUT2D eigenvalue weighted by molar-refractivity contribution is 6.08. The molecule has 158 valence electrons. The van der Waals surface area contributed by atoms with Gasteiger partial charge >= 0.3 is 5.97 Å². The zero-order valence-corrected chi connectivity index (χ0v) is 17.7. The number of carbonyl (C=O) groups is 1. The molecule has 0 bridgehead atoms. The first-order valence-electron chi connectivity index (χ1n) is 11.2. The van der Waals surface area contributed by atoms with Crippen LogP contribution in [0.15, 0.2) is 60.7 Å². The summed E-state index contributed by atoms with van der Waals surface area (Å²) < 4.78 is 5.39. The Hall–Kier alpha value is -2.65. The SMILES string of the molecule is O=C(/C=C\c1c2ccccc2cc2ccccc12)OCCCCCCCCCCO. The largest absolute Gasteiger partial charge is 0.463 e. The van der Waals surface area contributed by atoms with E-state index in [1.54, 1.807) is 6.08 Å². The van der Waals surface area contributed by atoms with E-state index in [0.717, 1.165) is 42.0 Å². The molecule has 0 aliphatic rings. The summed E-state index contributed by atoms with van der Waals surface area (Å²) in [7, 11) is 0. The zero-order valence-electron chi connectivity index (χ0n) is 17.7. The van der Waals surface area contributed by atoms with Crippen LogP contribution in [0.25, 0.3) is 27.6 Å². The van der Waals surface area contributed by atoms with Gasteiger partial charge in [0.2, 0.25) is 0 Å². The fourth-order valence-electron chi connectivity index (χ4n) is 3.88. The van der Waals surface area contributed by atoms with Crippen molar-refractivity contribution in [1.82, 2.24) is 0 Å². The summed E-state index contributed by atoms with van der Waals surface area (Å²) in [5.41, 5.74) is 1.06. The number of carbonyl (C=O) groups excluding carboxylic acids is 1. The molecule has 3 nitrogen and oxygen atoms in total. The molecule has 0 saturated carbocycles. The summed E-state index contributed by atoms with van der Waals surface area (Å²) in [5, 5.41) is 13.4. The average molecular weight is 405 g/mol. The van der Waals surface area contributed by atoms with E-state index >= 15 is 0 Å². The Bertz CT molecular complexity index is 920. The third kappa shape index (κ3) is 6.43. The lowest BCUT2D eigenvalue weighted by Gasteiger charge is -2.08. The summed E-state index contributed by atoms with van der Waals surface area (Å²) >= 11 is 0. The second-order valence-electron chi connectivity index (χ2n) is 7.79. The minimum absolute atomic E-state index is 0.281. The lowest BCUT2D eigenvalue weighted by atomic mass is 9.96. The number of ether oxygens (including phenoxy) is 1. The highest BCUT2D eigenvalue weighted by atomic mass is 16.5. The van der Waals surface area contributed by atoms with Crippen LogP contribution in [-0.4, -0.2) is 24.3 Å². The third-order valence-corrected chi connectivity index (χ3v) is 5.50. The maximum absolute atomic E-state index is 12.2. The molecule has 0 unspecified atom stereocenters. The molecule has 0 amide bonds. The normalized spacial score (nSPS) is 11.5. The molecule has 1 N–H and O–H groups in total. The van der Waals surface area contributed by atoms with E-state index in [-0.39, 0.29) is 5.97 Å². The molecule has 0 atom stereocenters. The topological polar surface area (TPSA) is 46.5 Å². The first kappa shape index (κ1) is 22.0. The summed E-state index contributed by atoms with van der Waals surface area (Å²) in [6.45, 7) is 0.778. The summed E-state index contributed by atoms with van der Waals surface area (Å²) in [6, 6.07) is 18.7. The van der Waals surface area contributed by atoms with Gasteiger partial charge in [-0.05, 0) is 52.1 Å². The summed E-state index contributed by atoms with van der Waals surface area (Å²) in [6.07, 6.45) is 12.3. The van der Waals surface area contributed by atoms with Crippen molar-refractivity contribution in [3.8, 4) is 0 Å². The first-order valence-corrected chi connectivity index (χ1v) is 11.2. The van der Waals surface area contributed by atoms with Crippen LogP contribution in [0.3, 0.4) is 0 Å². The number of benzene rings is 3. The lowest BCUT2D eigenvalue weighted by molar-refractivity contribution is -0.137. The Morgan fingerprint density at radius 1 is 0.767 bits per heavy atom. The highest BCUT2D eigenvalue weighted by Gasteiger charge is 2.06. The van der Waals surface area contributed by atoms with Gasteiger partial charge in [0.05, 0.1) is 6.61 Å². The molecule has 0 fully saturated rings.